The predicted octanol–water partition coefficient (Wildman–Crippen LogP) is 3.51. The molecule has 29 heavy (non-hydrogen) atoms. The van der Waals surface area contributed by atoms with E-state index in [1.807, 2.05) is 12.1 Å². The van der Waals surface area contributed by atoms with Crippen molar-refractivity contribution in [2.24, 2.45) is 0 Å². The molecule has 1 fully saturated rings. The van der Waals surface area contributed by atoms with Crippen LogP contribution in [-0.4, -0.2) is 43.5 Å². The number of hydrogen-bond donors (Lipinski definition) is 1. The molecule has 2 heterocycles. The van der Waals surface area contributed by atoms with Crippen LogP contribution in [0.15, 0.2) is 54.2 Å². The van der Waals surface area contributed by atoms with Crippen molar-refractivity contribution in [1.29, 1.82) is 0 Å². The van der Waals surface area contributed by atoms with Crippen LogP contribution in [0.5, 0.6) is 5.75 Å². The summed E-state index contributed by atoms with van der Waals surface area (Å²) in [5, 5.41) is 3.20. The van der Waals surface area contributed by atoms with Crippen LogP contribution < -0.4 is 15.0 Å². The molecule has 0 saturated carbocycles. The number of anilines is 2. The average Bonchev–Trinajstić information content (AvgIpc) is 3.36. The lowest BCUT2D eigenvalue weighted by molar-refractivity contribution is -0.136. The fraction of sp³-hybridized carbons (Fsp3) is 0.304. The highest BCUT2D eigenvalue weighted by molar-refractivity contribution is 6.36. The van der Waals surface area contributed by atoms with Crippen LogP contribution in [0.1, 0.15) is 25.3 Å². The molecule has 6 heteroatoms. The number of nitrogens with one attached hydrogen (secondary N) is 1. The van der Waals surface area contributed by atoms with Crippen LogP contribution in [0.4, 0.5) is 11.4 Å². The molecule has 2 aliphatic heterocycles. The first kappa shape index (κ1) is 19.1. The van der Waals surface area contributed by atoms with Crippen LogP contribution in [0.2, 0.25) is 0 Å². The topological polar surface area (TPSA) is 61.9 Å². The summed E-state index contributed by atoms with van der Waals surface area (Å²) in [5.74, 6) is 0.122. The van der Waals surface area contributed by atoms with Crippen molar-refractivity contribution in [2.45, 2.75) is 19.8 Å². The van der Waals surface area contributed by atoms with Crippen molar-refractivity contribution in [3.63, 3.8) is 0 Å². The van der Waals surface area contributed by atoms with Crippen LogP contribution in [0.25, 0.3) is 5.57 Å². The molecule has 2 aliphatic rings. The zero-order chi connectivity index (χ0) is 20.4. The molecule has 1 saturated heterocycles. The second-order valence-electron chi connectivity index (χ2n) is 7.20. The van der Waals surface area contributed by atoms with Gasteiger partial charge in [-0.3, -0.25) is 14.5 Å². The van der Waals surface area contributed by atoms with E-state index in [0.29, 0.717) is 29.1 Å². The quantitative estimate of drug-likeness (QED) is 0.764. The molecule has 0 atom stereocenters. The maximum absolute atomic E-state index is 12.9. The maximum Gasteiger partial charge on any atom is 0.278 e. The van der Waals surface area contributed by atoms with Gasteiger partial charge in [0.05, 0.1) is 12.7 Å². The van der Waals surface area contributed by atoms with E-state index < -0.39 is 0 Å². The maximum atomic E-state index is 12.9. The van der Waals surface area contributed by atoms with Gasteiger partial charge in [-0.1, -0.05) is 12.1 Å². The summed E-state index contributed by atoms with van der Waals surface area (Å²) < 4.78 is 5.20. The van der Waals surface area contributed by atoms with E-state index in [4.69, 9.17) is 4.74 Å². The molecule has 2 aromatic rings. The number of benzene rings is 2. The van der Waals surface area contributed by atoms with E-state index in [9.17, 15) is 9.59 Å². The number of amides is 2. The Labute approximate surface area is 170 Å². The Morgan fingerprint density at radius 3 is 2.17 bits per heavy atom. The molecule has 0 unspecified atom stereocenters. The van der Waals surface area contributed by atoms with Gasteiger partial charge in [-0.05, 0) is 61.7 Å². The van der Waals surface area contributed by atoms with Crippen LogP contribution in [-0.2, 0) is 9.59 Å². The number of rotatable bonds is 6. The lowest BCUT2D eigenvalue weighted by Gasteiger charge is -2.18. The fourth-order valence-corrected chi connectivity index (χ4v) is 3.88. The molecule has 2 aromatic carbocycles. The number of nitrogens with zero attached hydrogens (tertiary/aromatic N) is 2. The summed E-state index contributed by atoms with van der Waals surface area (Å²) in [7, 11) is 1.59. The van der Waals surface area contributed by atoms with E-state index >= 15 is 0 Å². The van der Waals surface area contributed by atoms with Crippen molar-refractivity contribution in [3.05, 3.63) is 59.8 Å². The summed E-state index contributed by atoms with van der Waals surface area (Å²) in [6.07, 6.45) is 2.45. The molecule has 0 aliphatic carbocycles. The highest BCUT2D eigenvalue weighted by atomic mass is 16.5. The number of likely N-dealkylation sites (N-methyl/N-ethyl adjacent to an activating group) is 1. The first-order valence-electron chi connectivity index (χ1n) is 9.99. The van der Waals surface area contributed by atoms with Gasteiger partial charge < -0.3 is 15.0 Å². The lowest BCUT2D eigenvalue weighted by Crippen LogP contribution is -2.32. The molecular weight excluding hydrogens is 366 g/mol. The summed E-state index contributed by atoms with van der Waals surface area (Å²) in [6.45, 7) is 4.29. The third-order valence-electron chi connectivity index (χ3n) is 5.47. The van der Waals surface area contributed by atoms with Gasteiger partial charge in [0, 0.05) is 31.0 Å². The molecular formula is C23H25N3O3. The Balaban J connectivity index is 1.65. The van der Waals surface area contributed by atoms with Crippen LogP contribution in [0, 0.1) is 0 Å². The number of carbonyl (C=O) groups is 2. The Kier molecular flexibility index (Phi) is 5.25. The van der Waals surface area contributed by atoms with Crippen molar-refractivity contribution in [2.75, 3.05) is 37.0 Å². The predicted molar refractivity (Wildman–Crippen MR) is 114 cm³/mol. The van der Waals surface area contributed by atoms with Crippen molar-refractivity contribution in [3.8, 4) is 5.75 Å². The Bertz CT molecular complexity index is 942. The number of methoxy groups -OCH3 is 1. The SMILES string of the molecule is CCN1C(=O)C(Nc2ccc(N3CCCC3)cc2)=C(c2ccc(OC)cc2)C1=O. The van der Waals surface area contributed by atoms with E-state index in [0.717, 1.165) is 18.8 Å². The summed E-state index contributed by atoms with van der Waals surface area (Å²) >= 11 is 0. The Morgan fingerprint density at radius 2 is 1.59 bits per heavy atom. The molecule has 0 radical (unpaired) electrons. The Morgan fingerprint density at radius 1 is 0.931 bits per heavy atom. The number of hydrogen-bond acceptors (Lipinski definition) is 5. The van der Waals surface area contributed by atoms with Crippen molar-refractivity contribution < 1.29 is 14.3 Å². The third kappa shape index (κ3) is 3.58. The summed E-state index contributed by atoms with van der Waals surface area (Å²) in [4.78, 5) is 29.4. The second kappa shape index (κ2) is 7.99. The minimum absolute atomic E-state index is 0.279. The van der Waals surface area contributed by atoms with Gasteiger partial charge in [-0.25, -0.2) is 0 Å². The van der Waals surface area contributed by atoms with Gasteiger partial charge in [0.15, 0.2) is 0 Å². The molecule has 2 amide bonds. The fourth-order valence-electron chi connectivity index (χ4n) is 3.88. The number of carbonyl (C=O) groups excluding carboxylic acids is 2. The Hall–Kier alpha value is -3.28. The molecule has 0 bridgehead atoms. The highest BCUT2D eigenvalue weighted by Gasteiger charge is 2.38. The molecule has 0 aromatic heterocycles. The van der Waals surface area contributed by atoms with Gasteiger partial charge in [0.25, 0.3) is 11.8 Å². The lowest BCUT2D eigenvalue weighted by atomic mass is 10.0. The zero-order valence-electron chi connectivity index (χ0n) is 16.8. The van der Waals surface area contributed by atoms with Gasteiger partial charge >= 0.3 is 0 Å². The first-order chi connectivity index (χ1) is 14.1. The normalized spacial score (nSPS) is 16.8. The monoisotopic (exact) mass is 391 g/mol. The number of ether oxygens (including phenoxy) is 1. The van der Waals surface area contributed by atoms with Gasteiger partial charge in [-0.15, -0.1) is 0 Å². The largest absolute Gasteiger partial charge is 0.497 e. The van der Waals surface area contributed by atoms with E-state index in [-0.39, 0.29) is 11.8 Å². The van der Waals surface area contributed by atoms with E-state index in [1.165, 1.54) is 23.4 Å². The summed E-state index contributed by atoms with van der Waals surface area (Å²) in [5.41, 5.74) is 3.37. The minimum atomic E-state index is -0.299. The first-order valence-corrected chi connectivity index (χ1v) is 9.99. The molecule has 0 spiro atoms. The molecule has 4 rings (SSSR count). The van der Waals surface area contributed by atoms with Crippen molar-refractivity contribution in [1.82, 2.24) is 4.90 Å². The molecule has 150 valence electrons. The van der Waals surface area contributed by atoms with Crippen LogP contribution in [0.3, 0.4) is 0 Å². The number of imide groups is 1. The minimum Gasteiger partial charge on any atom is -0.497 e. The van der Waals surface area contributed by atoms with Crippen molar-refractivity contribution >= 4 is 28.8 Å². The van der Waals surface area contributed by atoms with Crippen LogP contribution >= 0.6 is 0 Å². The molecule has 6 nitrogen and oxygen atoms in total. The average molecular weight is 391 g/mol. The standard InChI is InChI=1S/C23H25N3O3/c1-3-26-22(27)20(16-6-12-19(29-2)13-7-16)21(23(26)28)24-17-8-10-18(11-9-17)25-14-4-5-15-25/h6-13,24H,3-5,14-15H2,1-2H3. The second-order valence-corrected chi connectivity index (χ2v) is 7.20. The third-order valence-corrected chi connectivity index (χ3v) is 5.47. The van der Waals surface area contributed by atoms with Gasteiger partial charge in [0.2, 0.25) is 0 Å². The smallest absolute Gasteiger partial charge is 0.278 e. The molecule has 1 N–H and O–H groups in total. The van der Waals surface area contributed by atoms with E-state index in [2.05, 4.69) is 22.3 Å². The highest BCUT2D eigenvalue weighted by Crippen LogP contribution is 2.32. The van der Waals surface area contributed by atoms with Gasteiger partial charge in [-0.2, -0.15) is 0 Å². The van der Waals surface area contributed by atoms with Gasteiger partial charge in [0.1, 0.15) is 11.4 Å². The van der Waals surface area contributed by atoms with E-state index in [1.54, 1.807) is 38.3 Å². The zero-order valence-corrected chi connectivity index (χ0v) is 16.8. The summed E-state index contributed by atoms with van der Waals surface area (Å²) in [6, 6.07) is 15.2.